The van der Waals surface area contributed by atoms with E-state index in [9.17, 15) is 0 Å². The highest BCUT2D eigenvalue weighted by Crippen LogP contribution is 2.19. The Morgan fingerprint density at radius 2 is 1.88 bits per heavy atom. The Kier molecular flexibility index (Phi) is 3.43. The minimum Gasteiger partial charge on any atom is -0.489 e. The van der Waals surface area contributed by atoms with Gasteiger partial charge in [0.25, 0.3) is 0 Å². The van der Waals surface area contributed by atoms with E-state index in [1.807, 2.05) is 31.3 Å². The van der Waals surface area contributed by atoms with Gasteiger partial charge < -0.3 is 4.74 Å². The van der Waals surface area contributed by atoms with Crippen LogP contribution in [-0.2, 0) is 6.61 Å². The fraction of sp³-hybridized carbons (Fsp3) is 0.267. The SMILES string of the molecule is Cc1ccc(OCc2ccc(C)nc2)c(C)c1. The molecule has 0 saturated carbocycles. The summed E-state index contributed by atoms with van der Waals surface area (Å²) in [6.07, 6.45) is 1.86. The van der Waals surface area contributed by atoms with E-state index in [0.29, 0.717) is 6.61 Å². The number of nitrogens with zero attached hydrogens (tertiary/aromatic N) is 1. The molecule has 0 amide bonds. The summed E-state index contributed by atoms with van der Waals surface area (Å²) >= 11 is 0. The Balaban J connectivity index is 2.04. The molecule has 17 heavy (non-hydrogen) atoms. The molecule has 0 aliphatic heterocycles. The second-order valence-corrected chi connectivity index (χ2v) is 4.37. The Morgan fingerprint density at radius 1 is 1.06 bits per heavy atom. The first kappa shape index (κ1) is 11.6. The Labute approximate surface area is 102 Å². The van der Waals surface area contributed by atoms with Gasteiger partial charge in [0, 0.05) is 17.5 Å². The van der Waals surface area contributed by atoms with Crippen LogP contribution < -0.4 is 4.74 Å². The summed E-state index contributed by atoms with van der Waals surface area (Å²) < 4.78 is 5.78. The molecule has 0 spiro atoms. The van der Waals surface area contributed by atoms with Gasteiger partial charge in [-0.15, -0.1) is 0 Å². The van der Waals surface area contributed by atoms with Gasteiger partial charge in [-0.3, -0.25) is 4.98 Å². The summed E-state index contributed by atoms with van der Waals surface area (Å²) in [6, 6.07) is 10.3. The molecule has 0 radical (unpaired) electrons. The number of rotatable bonds is 3. The van der Waals surface area contributed by atoms with Gasteiger partial charge >= 0.3 is 0 Å². The average Bonchev–Trinajstić information content (AvgIpc) is 2.30. The molecule has 88 valence electrons. The second kappa shape index (κ2) is 5.00. The predicted octanol–water partition coefficient (Wildman–Crippen LogP) is 3.59. The highest BCUT2D eigenvalue weighted by atomic mass is 16.5. The third-order valence-electron chi connectivity index (χ3n) is 2.70. The fourth-order valence-corrected chi connectivity index (χ4v) is 1.71. The van der Waals surface area contributed by atoms with Gasteiger partial charge in [0.05, 0.1) is 0 Å². The Hall–Kier alpha value is -1.83. The Bertz CT molecular complexity index is 503. The second-order valence-electron chi connectivity index (χ2n) is 4.37. The molecule has 0 fully saturated rings. The number of pyridine rings is 1. The van der Waals surface area contributed by atoms with Gasteiger partial charge in [0.1, 0.15) is 12.4 Å². The first-order valence-electron chi connectivity index (χ1n) is 5.77. The van der Waals surface area contributed by atoms with Crippen molar-refractivity contribution in [3.05, 3.63) is 58.9 Å². The molecule has 0 N–H and O–H groups in total. The summed E-state index contributed by atoms with van der Waals surface area (Å²) in [5, 5.41) is 0. The Morgan fingerprint density at radius 3 is 2.53 bits per heavy atom. The number of hydrogen-bond donors (Lipinski definition) is 0. The maximum Gasteiger partial charge on any atom is 0.122 e. The maximum atomic E-state index is 5.78. The average molecular weight is 227 g/mol. The summed E-state index contributed by atoms with van der Waals surface area (Å²) in [4.78, 5) is 4.25. The molecule has 0 aliphatic rings. The van der Waals surface area contributed by atoms with E-state index in [-0.39, 0.29) is 0 Å². The molecule has 0 unspecified atom stereocenters. The highest BCUT2D eigenvalue weighted by Gasteiger charge is 2.00. The van der Waals surface area contributed by atoms with Crippen molar-refractivity contribution >= 4 is 0 Å². The van der Waals surface area contributed by atoms with Crippen molar-refractivity contribution in [1.29, 1.82) is 0 Å². The van der Waals surface area contributed by atoms with Crippen molar-refractivity contribution in [3.8, 4) is 5.75 Å². The zero-order chi connectivity index (χ0) is 12.3. The van der Waals surface area contributed by atoms with Gasteiger partial charge in [-0.05, 0) is 38.5 Å². The van der Waals surface area contributed by atoms with Crippen molar-refractivity contribution in [2.45, 2.75) is 27.4 Å². The predicted molar refractivity (Wildman–Crippen MR) is 69.2 cm³/mol. The normalized spacial score (nSPS) is 10.3. The molecular formula is C15H17NO. The van der Waals surface area contributed by atoms with Crippen LogP contribution >= 0.6 is 0 Å². The van der Waals surface area contributed by atoms with Gasteiger partial charge in [-0.2, -0.15) is 0 Å². The van der Waals surface area contributed by atoms with Crippen molar-refractivity contribution in [2.24, 2.45) is 0 Å². The van der Waals surface area contributed by atoms with E-state index in [1.165, 1.54) is 11.1 Å². The number of benzene rings is 1. The lowest BCUT2D eigenvalue weighted by Gasteiger charge is -2.09. The fourth-order valence-electron chi connectivity index (χ4n) is 1.71. The lowest BCUT2D eigenvalue weighted by atomic mass is 10.1. The quantitative estimate of drug-likeness (QED) is 0.799. The summed E-state index contributed by atoms with van der Waals surface area (Å²) in [5.41, 5.74) is 4.55. The molecular weight excluding hydrogens is 210 g/mol. The molecule has 2 heteroatoms. The van der Waals surface area contributed by atoms with Crippen LogP contribution in [-0.4, -0.2) is 4.98 Å². The van der Waals surface area contributed by atoms with E-state index in [1.54, 1.807) is 0 Å². The van der Waals surface area contributed by atoms with Crippen LogP contribution in [0.25, 0.3) is 0 Å². The monoisotopic (exact) mass is 227 g/mol. The lowest BCUT2D eigenvalue weighted by molar-refractivity contribution is 0.303. The zero-order valence-corrected chi connectivity index (χ0v) is 10.5. The first-order valence-corrected chi connectivity index (χ1v) is 5.77. The molecule has 0 aliphatic carbocycles. The van der Waals surface area contributed by atoms with Crippen LogP contribution in [0.1, 0.15) is 22.4 Å². The van der Waals surface area contributed by atoms with Gasteiger partial charge in [-0.25, -0.2) is 0 Å². The topological polar surface area (TPSA) is 22.1 Å². The minimum atomic E-state index is 0.567. The van der Waals surface area contributed by atoms with E-state index in [4.69, 9.17) is 4.74 Å². The zero-order valence-electron chi connectivity index (χ0n) is 10.5. The molecule has 0 atom stereocenters. The van der Waals surface area contributed by atoms with Crippen LogP contribution in [0.15, 0.2) is 36.5 Å². The van der Waals surface area contributed by atoms with E-state index in [0.717, 1.165) is 17.0 Å². The number of aryl methyl sites for hydroxylation is 3. The van der Waals surface area contributed by atoms with Gasteiger partial charge in [0.15, 0.2) is 0 Å². The van der Waals surface area contributed by atoms with E-state index >= 15 is 0 Å². The molecule has 1 aromatic heterocycles. The van der Waals surface area contributed by atoms with Crippen LogP contribution in [0.5, 0.6) is 5.75 Å². The molecule has 0 saturated heterocycles. The van der Waals surface area contributed by atoms with Crippen LogP contribution in [0.4, 0.5) is 0 Å². The third kappa shape index (κ3) is 3.06. The van der Waals surface area contributed by atoms with Crippen molar-refractivity contribution in [2.75, 3.05) is 0 Å². The third-order valence-corrected chi connectivity index (χ3v) is 2.70. The summed E-state index contributed by atoms with van der Waals surface area (Å²) in [6.45, 7) is 6.70. The molecule has 2 aromatic rings. The summed E-state index contributed by atoms with van der Waals surface area (Å²) in [7, 11) is 0. The van der Waals surface area contributed by atoms with Crippen LogP contribution in [0.2, 0.25) is 0 Å². The van der Waals surface area contributed by atoms with Crippen molar-refractivity contribution in [3.63, 3.8) is 0 Å². The van der Waals surface area contributed by atoms with Crippen molar-refractivity contribution < 1.29 is 4.74 Å². The van der Waals surface area contributed by atoms with Gasteiger partial charge in [-0.1, -0.05) is 23.8 Å². The van der Waals surface area contributed by atoms with E-state index in [2.05, 4.69) is 31.0 Å². The highest BCUT2D eigenvalue weighted by molar-refractivity contribution is 5.35. The van der Waals surface area contributed by atoms with Crippen molar-refractivity contribution in [1.82, 2.24) is 4.98 Å². The molecule has 1 aromatic carbocycles. The van der Waals surface area contributed by atoms with Crippen LogP contribution in [0.3, 0.4) is 0 Å². The molecule has 0 bridgehead atoms. The first-order chi connectivity index (χ1) is 8.15. The molecule has 2 nitrogen and oxygen atoms in total. The molecule has 1 heterocycles. The minimum absolute atomic E-state index is 0.567. The van der Waals surface area contributed by atoms with Gasteiger partial charge in [0.2, 0.25) is 0 Å². The lowest BCUT2D eigenvalue weighted by Crippen LogP contribution is -1.98. The molecule has 2 rings (SSSR count). The number of hydrogen-bond acceptors (Lipinski definition) is 2. The maximum absolute atomic E-state index is 5.78. The van der Waals surface area contributed by atoms with E-state index < -0.39 is 0 Å². The number of aromatic nitrogens is 1. The summed E-state index contributed by atoms with van der Waals surface area (Å²) in [5.74, 6) is 0.941. The standard InChI is InChI=1S/C15H17NO/c1-11-4-7-15(12(2)8-11)17-10-14-6-5-13(3)16-9-14/h4-9H,10H2,1-3H3. The van der Waals surface area contributed by atoms with Crippen LogP contribution in [0, 0.1) is 20.8 Å². The largest absolute Gasteiger partial charge is 0.489 e. The number of ether oxygens (including phenoxy) is 1. The smallest absolute Gasteiger partial charge is 0.122 e.